The van der Waals surface area contributed by atoms with Gasteiger partial charge in [-0.25, -0.2) is 4.39 Å². The molecule has 0 radical (unpaired) electrons. The third kappa shape index (κ3) is 4.61. The third-order valence-corrected chi connectivity index (χ3v) is 4.98. The highest BCUT2D eigenvalue weighted by molar-refractivity contribution is 7.12. The summed E-state index contributed by atoms with van der Waals surface area (Å²) in [7, 11) is 0. The van der Waals surface area contributed by atoms with Crippen LogP contribution in [-0.2, 0) is 13.1 Å². The fraction of sp³-hybridized carbons (Fsp3) is 0.286. The van der Waals surface area contributed by atoms with Gasteiger partial charge in [0, 0.05) is 25.0 Å². The largest absolute Gasteiger partial charge is 0.345 e. The van der Waals surface area contributed by atoms with Crippen molar-refractivity contribution in [1.82, 2.24) is 9.47 Å². The zero-order valence-corrected chi connectivity index (χ0v) is 15.9. The van der Waals surface area contributed by atoms with E-state index in [-0.39, 0.29) is 11.7 Å². The smallest absolute Gasteiger partial charge is 0.264 e. The van der Waals surface area contributed by atoms with Crippen LogP contribution >= 0.6 is 11.3 Å². The van der Waals surface area contributed by atoms with E-state index in [1.807, 2.05) is 46.8 Å². The molecule has 2 heterocycles. The van der Waals surface area contributed by atoms with Gasteiger partial charge in [0.15, 0.2) is 0 Å². The summed E-state index contributed by atoms with van der Waals surface area (Å²) in [6.45, 7) is 6.04. The Labute approximate surface area is 157 Å². The van der Waals surface area contributed by atoms with E-state index in [1.54, 1.807) is 12.1 Å². The molecular formula is C21H23FN2OS. The van der Waals surface area contributed by atoms with Crippen LogP contribution in [0.2, 0.25) is 0 Å². The monoisotopic (exact) mass is 370 g/mol. The molecule has 0 N–H and O–H groups in total. The number of nitrogens with zero attached hydrogens (tertiary/aromatic N) is 2. The molecule has 136 valence electrons. The zero-order valence-electron chi connectivity index (χ0n) is 15.1. The summed E-state index contributed by atoms with van der Waals surface area (Å²) in [6.07, 6.45) is 1.98. The average molecular weight is 370 g/mol. The molecule has 0 unspecified atom stereocenters. The van der Waals surface area contributed by atoms with E-state index in [0.29, 0.717) is 25.6 Å². The molecule has 26 heavy (non-hydrogen) atoms. The molecule has 0 saturated carbocycles. The molecular weight excluding hydrogens is 347 g/mol. The van der Waals surface area contributed by atoms with Crippen molar-refractivity contribution in [2.45, 2.75) is 26.9 Å². The van der Waals surface area contributed by atoms with Gasteiger partial charge in [-0.3, -0.25) is 4.79 Å². The van der Waals surface area contributed by atoms with Gasteiger partial charge < -0.3 is 9.47 Å². The first kappa shape index (κ1) is 18.4. The minimum Gasteiger partial charge on any atom is -0.345 e. The van der Waals surface area contributed by atoms with Crippen LogP contribution < -0.4 is 0 Å². The Balaban J connectivity index is 1.79. The molecule has 1 amide bonds. The van der Waals surface area contributed by atoms with Gasteiger partial charge in [-0.15, -0.1) is 11.3 Å². The average Bonchev–Trinajstić information content (AvgIpc) is 3.26. The number of benzene rings is 1. The summed E-state index contributed by atoms with van der Waals surface area (Å²) in [6, 6.07) is 14.4. The third-order valence-electron chi connectivity index (χ3n) is 4.12. The highest BCUT2D eigenvalue weighted by atomic mass is 32.1. The first-order chi connectivity index (χ1) is 12.5. The second-order valence-corrected chi connectivity index (χ2v) is 7.76. The van der Waals surface area contributed by atoms with Crippen LogP contribution in [0.5, 0.6) is 0 Å². The first-order valence-corrected chi connectivity index (χ1v) is 9.62. The highest BCUT2D eigenvalue weighted by Crippen LogP contribution is 2.17. The molecule has 0 aliphatic heterocycles. The lowest BCUT2D eigenvalue weighted by atomic mass is 10.2. The van der Waals surface area contributed by atoms with E-state index in [4.69, 9.17) is 0 Å². The lowest BCUT2D eigenvalue weighted by molar-refractivity contribution is 0.0723. The molecule has 5 heteroatoms. The van der Waals surface area contributed by atoms with Crippen LogP contribution in [0.15, 0.2) is 60.1 Å². The number of thiophene rings is 1. The number of amides is 1. The van der Waals surface area contributed by atoms with E-state index in [9.17, 15) is 9.18 Å². The zero-order chi connectivity index (χ0) is 18.5. The number of hydrogen-bond donors (Lipinski definition) is 0. The molecule has 0 aliphatic carbocycles. The summed E-state index contributed by atoms with van der Waals surface area (Å²) in [5.41, 5.74) is 1.95. The van der Waals surface area contributed by atoms with E-state index < -0.39 is 0 Å². The maximum atomic E-state index is 13.5. The normalized spacial score (nSPS) is 11.1. The number of rotatable bonds is 7. The Morgan fingerprint density at radius 1 is 1.19 bits per heavy atom. The lowest BCUT2D eigenvalue weighted by Crippen LogP contribution is -2.34. The number of aromatic nitrogens is 1. The van der Waals surface area contributed by atoms with Gasteiger partial charge in [-0.2, -0.15) is 0 Å². The second kappa shape index (κ2) is 8.32. The van der Waals surface area contributed by atoms with Crippen LogP contribution in [0.3, 0.4) is 0 Å². The Morgan fingerprint density at radius 2 is 2.04 bits per heavy atom. The number of halogens is 1. The van der Waals surface area contributed by atoms with E-state index >= 15 is 0 Å². The van der Waals surface area contributed by atoms with Crippen LogP contribution in [0.25, 0.3) is 0 Å². The molecule has 2 aromatic heterocycles. The molecule has 0 spiro atoms. The van der Waals surface area contributed by atoms with Gasteiger partial charge in [-0.1, -0.05) is 32.0 Å². The summed E-state index contributed by atoms with van der Waals surface area (Å²) in [4.78, 5) is 15.5. The minimum atomic E-state index is -0.231. The SMILES string of the molecule is CC(C)CN(Cc1cccn1Cc1cccc(F)c1)C(=O)c1cccs1. The van der Waals surface area contributed by atoms with Crippen molar-refractivity contribution in [2.75, 3.05) is 6.54 Å². The molecule has 0 bridgehead atoms. The highest BCUT2D eigenvalue weighted by Gasteiger charge is 2.19. The van der Waals surface area contributed by atoms with Gasteiger partial charge in [-0.05, 0) is 47.2 Å². The van der Waals surface area contributed by atoms with E-state index in [0.717, 1.165) is 16.1 Å². The molecule has 3 rings (SSSR count). The van der Waals surface area contributed by atoms with Gasteiger partial charge in [0.05, 0.1) is 11.4 Å². The molecule has 0 saturated heterocycles. The summed E-state index contributed by atoms with van der Waals surface area (Å²) in [5, 5.41) is 1.92. The van der Waals surface area contributed by atoms with E-state index in [1.165, 1.54) is 17.4 Å². The maximum Gasteiger partial charge on any atom is 0.264 e. The van der Waals surface area contributed by atoms with Crippen molar-refractivity contribution in [1.29, 1.82) is 0 Å². The van der Waals surface area contributed by atoms with Crippen LogP contribution in [-0.4, -0.2) is 21.9 Å². The van der Waals surface area contributed by atoms with Crippen molar-refractivity contribution in [3.8, 4) is 0 Å². The summed E-state index contributed by atoms with van der Waals surface area (Å²) >= 11 is 1.47. The second-order valence-electron chi connectivity index (χ2n) is 6.81. The van der Waals surface area contributed by atoms with Gasteiger partial charge in [0.1, 0.15) is 5.82 Å². The molecule has 3 aromatic rings. The fourth-order valence-corrected chi connectivity index (χ4v) is 3.68. The van der Waals surface area contributed by atoms with Crippen molar-refractivity contribution in [2.24, 2.45) is 5.92 Å². The van der Waals surface area contributed by atoms with Crippen molar-refractivity contribution in [3.63, 3.8) is 0 Å². The quantitative estimate of drug-likeness (QED) is 0.572. The van der Waals surface area contributed by atoms with Crippen LogP contribution in [0.4, 0.5) is 4.39 Å². The lowest BCUT2D eigenvalue weighted by Gasteiger charge is -2.25. The Bertz CT molecular complexity index is 855. The van der Waals surface area contributed by atoms with Crippen LogP contribution in [0.1, 0.15) is 34.8 Å². The van der Waals surface area contributed by atoms with E-state index in [2.05, 4.69) is 18.4 Å². The summed E-state index contributed by atoms with van der Waals surface area (Å²) in [5.74, 6) is 0.211. The van der Waals surface area contributed by atoms with Gasteiger partial charge in [0.25, 0.3) is 5.91 Å². The van der Waals surface area contributed by atoms with Gasteiger partial charge in [0.2, 0.25) is 0 Å². The standard InChI is InChI=1S/C21H23FN2OS/c1-16(2)13-24(21(25)20-9-5-11-26-20)15-19-8-4-10-23(19)14-17-6-3-7-18(22)12-17/h3-12,16H,13-15H2,1-2H3. The Hall–Kier alpha value is -2.40. The first-order valence-electron chi connectivity index (χ1n) is 8.74. The predicted octanol–water partition coefficient (Wildman–Crippen LogP) is 5.04. The number of carbonyl (C=O) groups excluding carboxylic acids is 1. The van der Waals surface area contributed by atoms with Crippen LogP contribution in [0, 0.1) is 11.7 Å². The molecule has 0 aliphatic rings. The molecule has 0 fully saturated rings. The van der Waals surface area contributed by atoms with Crippen molar-refractivity contribution in [3.05, 3.63) is 82.1 Å². The predicted molar refractivity (Wildman–Crippen MR) is 104 cm³/mol. The Morgan fingerprint density at radius 3 is 2.73 bits per heavy atom. The number of carbonyl (C=O) groups is 1. The summed E-state index contributed by atoms with van der Waals surface area (Å²) < 4.78 is 15.5. The fourth-order valence-electron chi connectivity index (χ4n) is 2.99. The number of hydrogen-bond acceptors (Lipinski definition) is 2. The molecule has 3 nitrogen and oxygen atoms in total. The topological polar surface area (TPSA) is 25.2 Å². The van der Waals surface area contributed by atoms with Crippen molar-refractivity contribution >= 4 is 17.2 Å². The molecule has 1 aromatic carbocycles. The maximum absolute atomic E-state index is 13.5. The molecule has 0 atom stereocenters. The Kier molecular flexibility index (Phi) is 5.89. The van der Waals surface area contributed by atoms with Crippen molar-refractivity contribution < 1.29 is 9.18 Å². The van der Waals surface area contributed by atoms with Gasteiger partial charge >= 0.3 is 0 Å². The minimum absolute atomic E-state index is 0.0622.